The van der Waals surface area contributed by atoms with Crippen molar-refractivity contribution in [1.82, 2.24) is 10.6 Å². The standard InChI is InChI=1S/C16H28N6O8/c17-8(3-5-11(23)24)13(27)21-9(2-1-7-20-16(18)19)14(28)22-10(15(29)30)4-6-12(25)26/h8-10H,1-7,17H2,(H,21,27)(H,22,28)(H,23,24)(H,25,26)(H,29,30)(H4,18,19,20)/t8-,9-,10-/m0/s1. The number of carbonyl (C=O) groups excluding carboxylic acids is 2. The summed E-state index contributed by atoms with van der Waals surface area (Å²) >= 11 is 0. The van der Waals surface area contributed by atoms with E-state index in [-0.39, 0.29) is 44.6 Å². The summed E-state index contributed by atoms with van der Waals surface area (Å²) in [6, 6.07) is -3.89. The van der Waals surface area contributed by atoms with E-state index in [4.69, 9.17) is 32.5 Å². The highest BCUT2D eigenvalue weighted by molar-refractivity contribution is 5.92. The van der Waals surface area contributed by atoms with E-state index in [9.17, 15) is 24.0 Å². The number of hydrogen-bond acceptors (Lipinski definition) is 7. The number of carboxylic acid groups (broad SMARTS) is 3. The Kier molecular flexibility index (Phi) is 12.1. The summed E-state index contributed by atoms with van der Waals surface area (Å²) in [5.41, 5.74) is 16.0. The van der Waals surface area contributed by atoms with Crippen molar-refractivity contribution in [2.24, 2.45) is 22.2 Å². The van der Waals surface area contributed by atoms with E-state index in [1.165, 1.54) is 0 Å². The topological polar surface area (TPSA) is 261 Å². The van der Waals surface area contributed by atoms with Gasteiger partial charge in [0.05, 0.1) is 6.04 Å². The number of nitrogens with one attached hydrogen (secondary N) is 2. The van der Waals surface area contributed by atoms with Crippen molar-refractivity contribution >= 4 is 35.7 Å². The molecule has 0 aliphatic heterocycles. The molecule has 0 aromatic heterocycles. The first-order chi connectivity index (χ1) is 13.9. The van der Waals surface area contributed by atoms with Crippen LogP contribution in [-0.4, -0.2) is 75.7 Å². The van der Waals surface area contributed by atoms with Crippen LogP contribution < -0.4 is 27.8 Å². The van der Waals surface area contributed by atoms with E-state index in [0.29, 0.717) is 0 Å². The molecule has 0 aliphatic carbocycles. The molecule has 14 heteroatoms. The lowest BCUT2D eigenvalue weighted by molar-refractivity contribution is -0.143. The molecule has 30 heavy (non-hydrogen) atoms. The second-order valence-electron chi connectivity index (χ2n) is 6.38. The molecule has 14 nitrogen and oxygen atoms in total. The number of nitrogens with two attached hydrogens (primary N) is 3. The first-order valence-electron chi connectivity index (χ1n) is 9.02. The predicted molar refractivity (Wildman–Crippen MR) is 103 cm³/mol. The Morgan fingerprint density at radius 3 is 1.83 bits per heavy atom. The van der Waals surface area contributed by atoms with Crippen LogP contribution in [0.4, 0.5) is 0 Å². The molecule has 0 aliphatic rings. The Labute approximate surface area is 171 Å². The third-order valence-corrected chi connectivity index (χ3v) is 3.85. The van der Waals surface area contributed by atoms with Gasteiger partial charge in [-0.3, -0.25) is 24.2 Å². The molecule has 0 heterocycles. The number of aliphatic carboxylic acids is 3. The number of carbonyl (C=O) groups is 5. The van der Waals surface area contributed by atoms with E-state index >= 15 is 0 Å². The van der Waals surface area contributed by atoms with Gasteiger partial charge in [-0.05, 0) is 25.7 Å². The summed E-state index contributed by atoms with van der Waals surface area (Å²) in [4.78, 5) is 60.9. The van der Waals surface area contributed by atoms with Crippen molar-refractivity contribution in [1.29, 1.82) is 0 Å². The lowest BCUT2D eigenvalue weighted by Crippen LogP contribution is -2.54. The zero-order chi connectivity index (χ0) is 23.3. The van der Waals surface area contributed by atoms with Crippen LogP contribution >= 0.6 is 0 Å². The van der Waals surface area contributed by atoms with Crippen molar-refractivity contribution in [2.75, 3.05) is 6.54 Å². The fraction of sp³-hybridized carbons (Fsp3) is 0.625. The van der Waals surface area contributed by atoms with Gasteiger partial charge in [-0.1, -0.05) is 0 Å². The fourth-order valence-electron chi connectivity index (χ4n) is 2.26. The molecule has 170 valence electrons. The fourth-order valence-corrected chi connectivity index (χ4v) is 2.26. The lowest BCUT2D eigenvalue weighted by atomic mass is 10.1. The van der Waals surface area contributed by atoms with Crippen LogP contribution in [0.15, 0.2) is 4.99 Å². The Hall–Kier alpha value is -3.42. The third-order valence-electron chi connectivity index (χ3n) is 3.85. The maximum atomic E-state index is 12.5. The number of nitrogens with zero attached hydrogens (tertiary/aromatic N) is 1. The SMILES string of the molecule is NC(N)=NCCC[C@H](NC(=O)[C@@H](N)CCC(=O)O)C(=O)N[C@@H](CCC(=O)O)C(=O)O. The Morgan fingerprint density at radius 2 is 1.33 bits per heavy atom. The van der Waals surface area contributed by atoms with Gasteiger partial charge in [0, 0.05) is 19.4 Å². The lowest BCUT2D eigenvalue weighted by Gasteiger charge is -2.22. The van der Waals surface area contributed by atoms with Crippen molar-refractivity contribution in [2.45, 2.75) is 56.7 Å². The summed E-state index contributed by atoms with van der Waals surface area (Å²) in [6.07, 6.45) is -1.10. The second-order valence-corrected chi connectivity index (χ2v) is 6.38. The molecule has 0 saturated heterocycles. The molecule has 2 amide bonds. The highest BCUT2D eigenvalue weighted by Gasteiger charge is 2.28. The minimum absolute atomic E-state index is 0.0191. The van der Waals surface area contributed by atoms with E-state index in [0.717, 1.165) is 0 Å². The second kappa shape index (κ2) is 13.7. The normalized spacial score (nSPS) is 13.4. The quantitative estimate of drug-likeness (QED) is 0.0741. The van der Waals surface area contributed by atoms with Crippen LogP contribution in [0.5, 0.6) is 0 Å². The molecule has 0 saturated carbocycles. The van der Waals surface area contributed by atoms with E-state index in [2.05, 4.69) is 15.6 Å². The molecule has 3 atom stereocenters. The number of hydrogen-bond donors (Lipinski definition) is 8. The van der Waals surface area contributed by atoms with Crippen molar-refractivity contribution in [3.8, 4) is 0 Å². The summed E-state index contributed by atoms with van der Waals surface area (Å²) in [5.74, 6) is -5.65. The molecular weight excluding hydrogens is 404 g/mol. The number of carboxylic acids is 3. The van der Waals surface area contributed by atoms with Gasteiger partial charge >= 0.3 is 17.9 Å². The predicted octanol–water partition coefficient (Wildman–Crippen LogP) is -2.85. The highest BCUT2D eigenvalue weighted by Crippen LogP contribution is 2.04. The molecule has 0 rings (SSSR count). The van der Waals surface area contributed by atoms with Crippen molar-refractivity contribution in [3.05, 3.63) is 0 Å². The zero-order valence-corrected chi connectivity index (χ0v) is 16.2. The summed E-state index contributed by atoms with van der Waals surface area (Å²) in [6.45, 7) is 0.133. The van der Waals surface area contributed by atoms with Crippen molar-refractivity contribution < 1.29 is 39.3 Å². The molecule has 0 aromatic carbocycles. The summed E-state index contributed by atoms with van der Waals surface area (Å²) in [7, 11) is 0. The van der Waals surface area contributed by atoms with Gasteiger partial charge in [0.15, 0.2) is 5.96 Å². The number of rotatable bonds is 15. The average molecular weight is 432 g/mol. The monoisotopic (exact) mass is 432 g/mol. The van der Waals surface area contributed by atoms with Gasteiger partial charge in [-0.2, -0.15) is 0 Å². The Morgan fingerprint density at radius 1 is 0.800 bits per heavy atom. The van der Waals surface area contributed by atoms with Crippen LogP contribution in [0.3, 0.4) is 0 Å². The van der Waals surface area contributed by atoms with E-state index < -0.39 is 54.3 Å². The van der Waals surface area contributed by atoms with Crippen LogP contribution in [0.2, 0.25) is 0 Å². The first-order valence-corrected chi connectivity index (χ1v) is 9.02. The average Bonchev–Trinajstić information content (AvgIpc) is 2.64. The molecule has 0 unspecified atom stereocenters. The molecule has 0 bridgehead atoms. The minimum Gasteiger partial charge on any atom is -0.481 e. The molecular formula is C16H28N6O8. The molecule has 0 spiro atoms. The highest BCUT2D eigenvalue weighted by atomic mass is 16.4. The molecule has 0 radical (unpaired) electrons. The maximum absolute atomic E-state index is 12.5. The Balaban J connectivity index is 5.14. The Bertz CT molecular complexity index is 664. The molecule has 0 fully saturated rings. The number of amides is 2. The smallest absolute Gasteiger partial charge is 0.326 e. The van der Waals surface area contributed by atoms with Gasteiger partial charge in [0.25, 0.3) is 0 Å². The first kappa shape index (κ1) is 26.6. The van der Waals surface area contributed by atoms with Gasteiger partial charge in [0.2, 0.25) is 11.8 Å². The van der Waals surface area contributed by atoms with E-state index in [1.807, 2.05) is 0 Å². The van der Waals surface area contributed by atoms with Gasteiger partial charge in [-0.25, -0.2) is 4.79 Å². The van der Waals surface area contributed by atoms with Gasteiger partial charge in [0.1, 0.15) is 12.1 Å². The third kappa shape index (κ3) is 12.1. The largest absolute Gasteiger partial charge is 0.481 e. The zero-order valence-electron chi connectivity index (χ0n) is 16.2. The molecule has 11 N–H and O–H groups in total. The van der Waals surface area contributed by atoms with Gasteiger partial charge in [-0.15, -0.1) is 0 Å². The number of guanidine groups is 1. The van der Waals surface area contributed by atoms with Gasteiger partial charge < -0.3 is 43.2 Å². The minimum atomic E-state index is -1.48. The van der Waals surface area contributed by atoms with Crippen LogP contribution in [-0.2, 0) is 24.0 Å². The van der Waals surface area contributed by atoms with Crippen LogP contribution in [0.25, 0.3) is 0 Å². The van der Waals surface area contributed by atoms with Crippen LogP contribution in [0, 0.1) is 0 Å². The van der Waals surface area contributed by atoms with Crippen LogP contribution in [0.1, 0.15) is 38.5 Å². The summed E-state index contributed by atoms with van der Waals surface area (Å²) < 4.78 is 0. The van der Waals surface area contributed by atoms with E-state index in [1.54, 1.807) is 0 Å². The molecule has 0 aromatic rings. The summed E-state index contributed by atoms with van der Waals surface area (Å²) in [5, 5.41) is 31.1. The van der Waals surface area contributed by atoms with Crippen molar-refractivity contribution in [3.63, 3.8) is 0 Å². The maximum Gasteiger partial charge on any atom is 0.326 e. The number of aliphatic imine (C=N–C) groups is 1.